The number of sulfone groups is 1. The van der Waals surface area contributed by atoms with Crippen molar-refractivity contribution < 1.29 is 17.6 Å². The minimum atomic E-state index is -3.92. The van der Waals surface area contributed by atoms with Crippen molar-refractivity contribution >= 4 is 56.0 Å². The molecule has 0 spiro atoms. The van der Waals surface area contributed by atoms with Crippen molar-refractivity contribution in [3.8, 4) is 0 Å². The van der Waals surface area contributed by atoms with Crippen LogP contribution in [0.2, 0.25) is 0 Å². The first kappa shape index (κ1) is 24.7. The normalized spacial score (nSPS) is 18.4. The summed E-state index contributed by atoms with van der Waals surface area (Å²) in [5, 5.41) is -0.132. The molecular weight excluding hydrogens is 515 g/mol. The molecule has 0 aliphatic carbocycles. The van der Waals surface area contributed by atoms with Gasteiger partial charge in [0.25, 0.3) is 5.91 Å². The summed E-state index contributed by atoms with van der Waals surface area (Å²) < 4.78 is 33.5. The molecule has 1 amide bonds. The van der Waals surface area contributed by atoms with E-state index in [4.69, 9.17) is 16.6 Å². The summed E-state index contributed by atoms with van der Waals surface area (Å²) in [4.78, 5) is 21.6. The number of carbonyl (C=O) groups excluding carboxylic acids is 1. The van der Waals surface area contributed by atoms with Gasteiger partial charge in [0.2, 0.25) is 26.6 Å². The largest absolute Gasteiger partial charge is 0.420 e. The Morgan fingerprint density at radius 3 is 2.42 bits per heavy atom. The number of oxazole rings is 1. The number of amides is 1. The predicted molar refractivity (Wildman–Crippen MR) is 144 cm³/mol. The summed E-state index contributed by atoms with van der Waals surface area (Å²) in [7, 11) is -3.92. The molecule has 10 heteroatoms. The summed E-state index contributed by atoms with van der Waals surface area (Å²) in [5.41, 5.74) is 1.93. The van der Waals surface area contributed by atoms with Crippen LogP contribution in [0.4, 0.5) is 5.88 Å². The van der Waals surface area contributed by atoms with Crippen LogP contribution in [0.25, 0.3) is 6.08 Å². The van der Waals surface area contributed by atoms with E-state index < -0.39 is 9.84 Å². The lowest BCUT2D eigenvalue weighted by atomic mass is 10.1. The zero-order valence-electron chi connectivity index (χ0n) is 19.9. The molecule has 7 nitrogen and oxygen atoms in total. The molecule has 2 aliphatic rings. The van der Waals surface area contributed by atoms with Gasteiger partial charge in [-0.2, -0.15) is 4.98 Å². The second-order valence-corrected chi connectivity index (χ2v) is 12.4. The van der Waals surface area contributed by atoms with Crippen LogP contribution in [0.1, 0.15) is 42.8 Å². The molecule has 1 unspecified atom stereocenters. The van der Waals surface area contributed by atoms with E-state index >= 15 is 0 Å². The number of anilines is 1. The molecule has 2 fully saturated rings. The van der Waals surface area contributed by atoms with E-state index in [1.807, 2.05) is 49.1 Å². The van der Waals surface area contributed by atoms with Gasteiger partial charge in [0.15, 0.2) is 0 Å². The van der Waals surface area contributed by atoms with Crippen molar-refractivity contribution in [3.05, 3.63) is 76.5 Å². The van der Waals surface area contributed by atoms with Gasteiger partial charge < -0.3 is 9.32 Å². The Morgan fingerprint density at radius 1 is 1.08 bits per heavy atom. The van der Waals surface area contributed by atoms with Crippen LogP contribution < -0.4 is 4.90 Å². The molecule has 1 aromatic heterocycles. The summed E-state index contributed by atoms with van der Waals surface area (Å²) in [6.45, 7) is 5.19. The summed E-state index contributed by atoms with van der Waals surface area (Å²) in [5.74, 6) is 0.0214. The molecular formula is C26H25N3O4S3. The minimum Gasteiger partial charge on any atom is -0.420 e. The fourth-order valence-corrected chi connectivity index (χ4v) is 7.02. The van der Waals surface area contributed by atoms with Crippen molar-refractivity contribution in [1.29, 1.82) is 0 Å². The van der Waals surface area contributed by atoms with Crippen molar-refractivity contribution in [2.75, 3.05) is 18.0 Å². The molecule has 0 saturated carbocycles. The number of rotatable bonds is 6. The van der Waals surface area contributed by atoms with Crippen molar-refractivity contribution in [3.63, 3.8) is 0 Å². The number of thiocarbonyl (C=S) groups is 1. The molecule has 0 bridgehead atoms. The van der Waals surface area contributed by atoms with Gasteiger partial charge in [-0.15, -0.1) is 0 Å². The number of hydrogen-bond acceptors (Lipinski definition) is 8. The van der Waals surface area contributed by atoms with Gasteiger partial charge in [-0.1, -0.05) is 72.0 Å². The number of aryl methyl sites for hydroxylation is 1. The number of nitrogens with zero attached hydrogens (tertiary/aromatic N) is 3. The van der Waals surface area contributed by atoms with Gasteiger partial charge in [0.1, 0.15) is 4.32 Å². The fraction of sp³-hybridized carbons (Fsp3) is 0.269. The minimum absolute atomic E-state index is 0.0652. The first-order valence-electron chi connectivity index (χ1n) is 11.7. The van der Waals surface area contributed by atoms with Crippen molar-refractivity contribution in [2.24, 2.45) is 0 Å². The number of aromatic nitrogens is 1. The van der Waals surface area contributed by atoms with Gasteiger partial charge >= 0.3 is 0 Å². The molecule has 36 heavy (non-hydrogen) atoms. The van der Waals surface area contributed by atoms with E-state index in [1.165, 1.54) is 6.08 Å². The molecule has 1 atom stereocenters. The van der Waals surface area contributed by atoms with E-state index in [9.17, 15) is 13.2 Å². The standard InChI is InChI=1S/C26H25N3O4S3/c1-17-10-12-20(13-11-17)36(31,32)23-25(28-14-6-7-15-28)33-22(27-23)16-21-24(30)29(26(34)35-21)18(2)19-8-4-3-5-9-19/h3-5,8-13,16,18H,6-7,14-15H2,1-2H3. The molecule has 5 rings (SSSR count). The maximum Gasteiger partial charge on any atom is 0.266 e. The topological polar surface area (TPSA) is 83.7 Å². The van der Waals surface area contributed by atoms with Crippen LogP contribution in [0, 0.1) is 6.92 Å². The average molecular weight is 540 g/mol. The molecule has 2 saturated heterocycles. The highest BCUT2D eigenvalue weighted by atomic mass is 32.2. The van der Waals surface area contributed by atoms with Gasteiger partial charge in [0, 0.05) is 19.2 Å². The zero-order valence-corrected chi connectivity index (χ0v) is 22.3. The Balaban J connectivity index is 1.51. The van der Waals surface area contributed by atoms with Crippen LogP contribution in [-0.4, -0.2) is 41.6 Å². The number of hydrogen-bond donors (Lipinski definition) is 0. The SMILES string of the molecule is Cc1ccc(S(=O)(=O)c2nc(C=C3SC(=S)N(C(C)c4ccccc4)C3=O)oc2N2CCCC2)cc1. The van der Waals surface area contributed by atoms with E-state index in [0.29, 0.717) is 22.3 Å². The lowest BCUT2D eigenvalue weighted by Gasteiger charge is -2.23. The molecule has 3 heterocycles. The third-order valence-corrected chi connectivity index (χ3v) is 9.32. The van der Waals surface area contributed by atoms with Crippen LogP contribution in [0.5, 0.6) is 0 Å². The van der Waals surface area contributed by atoms with Gasteiger partial charge in [-0.05, 0) is 44.4 Å². The third-order valence-electron chi connectivity index (χ3n) is 6.32. The van der Waals surface area contributed by atoms with Crippen molar-refractivity contribution in [2.45, 2.75) is 42.7 Å². The van der Waals surface area contributed by atoms with Crippen LogP contribution in [-0.2, 0) is 14.6 Å². The van der Waals surface area contributed by atoms with E-state index in [-0.39, 0.29) is 33.6 Å². The first-order chi connectivity index (χ1) is 17.3. The quantitative estimate of drug-likeness (QED) is 0.305. The van der Waals surface area contributed by atoms with E-state index in [0.717, 1.165) is 35.7 Å². The van der Waals surface area contributed by atoms with Crippen LogP contribution >= 0.6 is 24.0 Å². The Bertz CT molecular complexity index is 1440. The fourth-order valence-electron chi connectivity index (χ4n) is 4.31. The van der Waals surface area contributed by atoms with Gasteiger partial charge in [-0.25, -0.2) is 8.42 Å². The van der Waals surface area contributed by atoms with E-state index in [2.05, 4.69) is 4.98 Å². The molecule has 2 aromatic carbocycles. The highest BCUT2D eigenvalue weighted by molar-refractivity contribution is 8.26. The Kier molecular flexibility index (Phi) is 6.76. The molecule has 3 aromatic rings. The predicted octanol–water partition coefficient (Wildman–Crippen LogP) is 5.38. The second kappa shape index (κ2) is 9.84. The summed E-state index contributed by atoms with van der Waals surface area (Å²) in [6.07, 6.45) is 3.37. The summed E-state index contributed by atoms with van der Waals surface area (Å²) in [6, 6.07) is 16.1. The van der Waals surface area contributed by atoms with Gasteiger partial charge in [0.05, 0.1) is 15.8 Å². The number of carbonyl (C=O) groups is 1. The monoisotopic (exact) mass is 539 g/mol. The number of benzene rings is 2. The average Bonchev–Trinajstić information content (AvgIpc) is 3.60. The smallest absolute Gasteiger partial charge is 0.266 e. The molecule has 0 radical (unpaired) electrons. The highest BCUT2D eigenvalue weighted by Gasteiger charge is 2.37. The molecule has 186 valence electrons. The third kappa shape index (κ3) is 4.60. The number of thioether (sulfide) groups is 1. The summed E-state index contributed by atoms with van der Waals surface area (Å²) >= 11 is 6.67. The molecule has 0 N–H and O–H groups in total. The van der Waals surface area contributed by atoms with E-state index in [1.54, 1.807) is 29.2 Å². The van der Waals surface area contributed by atoms with Crippen molar-refractivity contribution in [1.82, 2.24) is 9.88 Å². The Hall–Kier alpha value is -2.95. The molecule has 2 aliphatic heterocycles. The lowest BCUT2D eigenvalue weighted by molar-refractivity contribution is -0.123. The highest BCUT2D eigenvalue weighted by Crippen LogP contribution is 2.39. The van der Waals surface area contributed by atoms with Gasteiger partial charge in [-0.3, -0.25) is 9.69 Å². The zero-order chi connectivity index (χ0) is 25.4. The second-order valence-electron chi connectivity index (χ2n) is 8.81. The van der Waals surface area contributed by atoms with Crippen LogP contribution in [0.3, 0.4) is 0 Å². The van der Waals surface area contributed by atoms with Crippen LogP contribution in [0.15, 0.2) is 73.8 Å². The lowest BCUT2D eigenvalue weighted by Crippen LogP contribution is -2.30. The Morgan fingerprint density at radius 2 is 1.75 bits per heavy atom. The maximum absolute atomic E-state index is 13.5. The Labute approximate surface area is 220 Å². The first-order valence-corrected chi connectivity index (χ1v) is 14.4. The maximum atomic E-state index is 13.5.